The van der Waals surface area contributed by atoms with Crippen molar-refractivity contribution in [2.24, 2.45) is 11.7 Å². The van der Waals surface area contributed by atoms with Crippen molar-refractivity contribution in [2.75, 3.05) is 11.9 Å². The lowest BCUT2D eigenvalue weighted by Gasteiger charge is -2.09. The van der Waals surface area contributed by atoms with Crippen LogP contribution in [0.3, 0.4) is 0 Å². The monoisotopic (exact) mass is 251 g/mol. The van der Waals surface area contributed by atoms with E-state index < -0.39 is 0 Å². The predicted octanol–water partition coefficient (Wildman–Crippen LogP) is 2.87. The van der Waals surface area contributed by atoms with E-state index in [1.807, 2.05) is 19.1 Å². The van der Waals surface area contributed by atoms with Gasteiger partial charge in [-0.15, -0.1) is 0 Å². The molecule has 0 aromatic carbocycles. The number of aromatic nitrogens is 1. The Morgan fingerprint density at radius 2 is 2.18 bits per heavy atom. The van der Waals surface area contributed by atoms with E-state index in [0.717, 1.165) is 36.0 Å². The number of aryl methyl sites for hydroxylation is 1. The van der Waals surface area contributed by atoms with E-state index in [1.54, 1.807) is 0 Å². The number of pyridine rings is 1. The zero-order valence-corrected chi connectivity index (χ0v) is 11.6. The van der Waals surface area contributed by atoms with Crippen LogP contribution in [0.2, 0.25) is 0 Å². The number of hydrogen-bond acceptors (Lipinski definition) is 3. The molecular weight excluding hydrogens is 230 g/mol. The third-order valence-corrected chi connectivity index (χ3v) is 2.74. The number of rotatable bonds is 6. The maximum absolute atomic E-state index is 5.62. The highest BCUT2D eigenvalue weighted by atomic mass is 32.1. The highest BCUT2D eigenvalue weighted by Gasteiger charge is 2.02. The van der Waals surface area contributed by atoms with Crippen LogP contribution < -0.4 is 11.1 Å². The Morgan fingerprint density at radius 3 is 2.76 bits per heavy atom. The quantitative estimate of drug-likeness (QED) is 0.603. The molecule has 94 valence electrons. The third-order valence-electron chi connectivity index (χ3n) is 2.50. The molecule has 3 nitrogen and oxygen atoms in total. The average Bonchev–Trinajstić information content (AvgIpc) is 2.23. The van der Waals surface area contributed by atoms with Gasteiger partial charge in [0.2, 0.25) is 0 Å². The van der Waals surface area contributed by atoms with Crippen LogP contribution >= 0.6 is 12.2 Å². The number of nitrogens with two attached hydrogens (primary N) is 1. The molecule has 0 aliphatic heterocycles. The molecule has 3 N–H and O–H groups in total. The normalized spacial score (nSPS) is 10.6. The van der Waals surface area contributed by atoms with Crippen molar-refractivity contribution in [1.29, 1.82) is 0 Å². The first-order valence-corrected chi connectivity index (χ1v) is 6.42. The Kier molecular flexibility index (Phi) is 5.35. The van der Waals surface area contributed by atoms with Gasteiger partial charge in [0, 0.05) is 17.8 Å². The van der Waals surface area contributed by atoms with Gasteiger partial charge in [-0.05, 0) is 37.8 Å². The minimum Gasteiger partial charge on any atom is -0.389 e. The van der Waals surface area contributed by atoms with Gasteiger partial charge in [-0.25, -0.2) is 4.98 Å². The van der Waals surface area contributed by atoms with E-state index in [0.29, 0.717) is 4.99 Å². The molecule has 1 rings (SSSR count). The van der Waals surface area contributed by atoms with Crippen LogP contribution in [0.5, 0.6) is 0 Å². The van der Waals surface area contributed by atoms with Crippen molar-refractivity contribution in [1.82, 2.24) is 4.98 Å². The second-order valence-electron chi connectivity index (χ2n) is 4.71. The number of anilines is 1. The first-order valence-electron chi connectivity index (χ1n) is 6.01. The molecule has 4 heteroatoms. The summed E-state index contributed by atoms with van der Waals surface area (Å²) < 4.78 is 0. The van der Waals surface area contributed by atoms with Gasteiger partial charge in [-0.1, -0.05) is 26.1 Å². The lowest BCUT2D eigenvalue weighted by molar-refractivity contribution is 0.566. The molecule has 0 radical (unpaired) electrons. The zero-order valence-electron chi connectivity index (χ0n) is 10.8. The maximum Gasteiger partial charge on any atom is 0.126 e. The lowest BCUT2D eigenvalue weighted by atomic mass is 10.1. The highest BCUT2D eigenvalue weighted by molar-refractivity contribution is 7.80. The summed E-state index contributed by atoms with van der Waals surface area (Å²) in [7, 11) is 0. The van der Waals surface area contributed by atoms with Crippen molar-refractivity contribution in [3.63, 3.8) is 0 Å². The molecule has 0 amide bonds. The summed E-state index contributed by atoms with van der Waals surface area (Å²) in [6.07, 6.45) is 2.37. The lowest BCUT2D eigenvalue weighted by Crippen LogP contribution is -2.12. The van der Waals surface area contributed by atoms with E-state index in [9.17, 15) is 0 Å². The number of thiocarbonyl (C=S) groups is 1. The SMILES string of the molecule is Cc1cc(C(N)=S)cc(NCCCC(C)C)n1. The first-order chi connectivity index (χ1) is 7.99. The molecule has 1 aromatic heterocycles. The number of nitrogens with one attached hydrogen (secondary N) is 1. The van der Waals surface area contributed by atoms with Crippen LogP contribution in [0.4, 0.5) is 5.82 Å². The van der Waals surface area contributed by atoms with Crippen molar-refractivity contribution < 1.29 is 0 Å². The number of nitrogens with zero attached hydrogens (tertiary/aromatic N) is 1. The van der Waals surface area contributed by atoms with Crippen molar-refractivity contribution in [3.05, 3.63) is 23.4 Å². The fourth-order valence-electron chi connectivity index (χ4n) is 1.63. The fraction of sp³-hybridized carbons (Fsp3) is 0.538. The molecule has 0 atom stereocenters. The van der Waals surface area contributed by atoms with E-state index in [1.165, 1.54) is 6.42 Å². The summed E-state index contributed by atoms with van der Waals surface area (Å²) >= 11 is 4.97. The fourth-order valence-corrected chi connectivity index (χ4v) is 1.75. The summed E-state index contributed by atoms with van der Waals surface area (Å²) in [6.45, 7) is 7.35. The van der Waals surface area contributed by atoms with Gasteiger partial charge in [-0.2, -0.15) is 0 Å². The van der Waals surface area contributed by atoms with Crippen molar-refractivity contribution >= 4 is 23.0 Å². The summed E-state index contributed by atoms with van der Waals surface area (Å²) in [5.41, 5.74) is 7.43. The van der Waals surface area contributed by atoms with Crippen LogP contribution in [0.15, 0.2) is 12.1 Å². The average molecular weight is 251 g/mol. The summed E-state index contributed by atoms with van der Waals surface area (Å²) in [5, 5.41) is 3.31. The summed E-state index contributed by atoms with van der Waals surface area (Å²) in [5.74, 6) is 1.60. The molecular formula is C13H21N3S. The maximum atomic E-state index is 5.62. The van der Waals surface area contributed by atoms with Crippen molar-refractivity contribution in [2.45, 2.75) is 33.6 Å². The van der Waals surface area contributed by atoms with Crippen LogP contribution in [0.1, 0.15) is 37.9 Å². The predicted molar refractivity (Wildman–Crippen MR) is 77.4 cm³/mol. The van der Waals surface area contributed by atoms with E-state index >= 15 is 0 Å². The van der Waals surface area contributed by atoms with E-state index in [-0.39, 0.29) is 0 Å². The first kappa shape index (κ1) is 13.9. The van der Waals surface area contributed by atoms with E-state index in [2.05, 4.69) is 24.1 Å². The Bertz CT molecular complexity index is 388. The highest BCUT2D eigenvalue weighted by Crippen LogP contribution is 2.11. The summed E-state index contributed by atoms with van der Waals surface area (Å²) in [4.78, 5) is 4.82. The van der Waals surface area contributed by atoms with Gasteiger partial charge in [0.1, 0.15) is 10.8 Å². The van der Waals surface area contributed by atoms with Crippen LogP contribution in [-0.4, -0.2) is 16.5 Å². The van der Waals surface area contributed by atoms with Gasteiger partial charge in [0.15, 0.2) is 0 Å². The minimum absolute atomic E-state index is 0.417. The molecule has 17 heavy (non-hydrogen) atoms. The van der Waals surface area contributed by atoms with Crippen LogP contribution in [-0.2, 0) is 0 Å². The van der Waals surface area contributed by atoms with Gasteiger partial charge in [0.05, 0.1) is 0 Å². The molecule has 0 aliphatic carbocycles. The third kappa shape index (κ3) is 5.13. The molecule has 1 heterocycles. The Balaban J connectivity index is 2.56. The van der Waals surface area contributed by atoms with Gasteiger partial charge in [0.25, 0.3) is 0 Å². The molecule has 0 spiro atoms. The van der Waals surface area contributed by atoms with Crippen molar-refractivity contribution in [3.8, 4) is 0 Å². The molecule has 0 saturated carbocycles. The van der Waals surface area contributed by atoms with Crippen LogP contribution in [0, 0.1) is 12.8 Å². The van der Waals surface area contributed by atoms with Crippen LogP contribution in [0.25, 0.3) is 0 Å². The largest absolute Gasteiger partial charge is 0.389 e. The second kappa shape index (κ2) is 6.55. The Morgan fingerprint density at radius 1 is 1.47 bits per heavy atom. The molecule has 0 unspecified atom stereocenters. The Hall–Kier alpha value is -1.16. The minimum atomic E-state index is 0.417. The smallest absolute Gasteiger partial charge is 0.126 e. The molecule has 1 aromatic rings. The van der Waals surface area contributed by atoms with Gasteiger partial charge < -0.3 is 11.1 Å². The molecule has 0 fully saturated rings. The summed E-state index contributed by atoms with van der Waals surface area (Å²) in [6, 6.07) is 3.81. The second-order valence-corrected chi connectivity index (χ2v) is 5.15. The zero-order chi connectivity index (χ0) is 12.8. The number of hydrogen-bond donors (Lipinski definition) is 2. The van der Waals surface area contributed by atoms with Gasteiger partial charge in [-0.3, -0.25) is 0 Å². The van der Waals surface area contributed by atoms with E-state index in [4.69, 9.17) is 18.0 Å². The van der Waals surface area contributed by atoms with Gasteiger partial charge >= 0.3 is 0 Å². The topological polar surface area (TPSA) is 50.9 Å². The molecule has 0 saturated heterocycles. The molecule has 0 bridgehead atoms. The molecule has 0 aliphatic rings. The Labute approximate surface area is 109 Å². The standard InChI is InChI=1S/C13H21N3S/c1-9(2)5-4-6-15-12-8-11(13(14)17)7-10(3)16-12/h7-9H,4-6H2,1-3H3,(H2,14,17)(H,15,16).